The summed E-state index contributed by atoms with van der Waals surface area (Å²) in [5.41, 5.74) is 0.766. The summed E-state index contributed by atoms with van der Waals surface area (Å²) in [6, 6.07) is 10.5. The number of hydrogen-bond acceptors (Lipinski definition) is 3. The van der Waals surface area contributed by atoms with Crippen LogP contribution in [0, 0.1) is 5.92 Å². The number of benzene rings is 2. The summed E-state index contributed by atoms with van der Waals surface area (Å²) in [5, 5.41) is 11.3. The van der Waals surface area contributed by atoms with Gasteiger partial charge in [-0.25, -0.2) is 0 Å². The number of fused-ring (bicyclic) bond motifs is 2. The van der Waals surface area contributed by atoms with Crippen LogP contribution >= 0.6 is 0 Å². The van der Waals surface area contributed by atoms with Crippen molar-refractivity contribution in [3.8, 4) is 0 Å². The first-order valence-corrected chi connectivity index (χ1v) is 8.21. The molecule has 1 N–H and O–H groups in total. The SMILES string of the molecule is O=C(O)C1CCCCC1N1C(=O)c2cc3ccccc3cc2C1=O. The Morgan fingerprint density at radius 3 is 2.04 bits per heavy atom. The summed E-state index contributed by atoms with van der Waals surface area (Å²) in [4.78, 5) is 38.4. The smallest absolute Gasteiger partial charge is 0.308 e. The van der Waals surface area contributed by atoms with Crippen molar-refractivity contribution in [1.82, 2.24) is 4.90 Å². The predicted octanol–water partition coefficient (Wildman–Crippen LogP) is 3.08. The van der Waals surface area contributed by atoms with Crippen LogP contribution in [0.4, 0.5) is 0 Å². The predicted molar refractivity (Wildman–Crippen MR) is 87.8 cm³/mol. The van der Waals surface area contributed by atoms with E-state index in [1.807, 2.05) is 24.3 Å². The van der Waals surface area contributed by atoms with Crippen LogP contribution in [-0.2, 0) is 4.79 Å². The van der Waals surface area contributed by atoms with E-state index in [1.54, 1.807) is 12.1 Å². The normalized spacial score (nSPS) is 23.6. The molecule has 2 aliphatic rings. The second-order valence-corrected chi connectivity index (χ2v) is 6.52. The highest BCUT2D eigenvalue weighted by Crippen LogP contribution is 2.35. The molecule has 5 nitrogen and oxygen atoms in total. The van der Waals surface area contributed by atoms with Gasteiger partial charge in [-0.2, -0.15) is 0 Å². The zero-order valence-corrected chi connectivity index (χ0v) is 13.1. The molecular formula is C19H17NO4. The third-order valence-electron chi connectivity index (χ3n) is 5.16. The molecule has 1 aliphatic carbocycles. The first-order valence-electron chi connectivity index (χ1n) is 8.21. The molecule has 0 aromatic heterocycles. The number of nitrogens with zero attached hydrogens (tertiary/aromatic N) is 1. The van der Waals surface area contributed by atoms with Crippen LogP contribution in [0.1, 0.15) is 46.4 Å². The Morgan fingerprint density at radius 1 is 0.958 bits per heavy atom. The third-order valence-corrected chi connectivity index (χ3v) is 5.16. The van der Waals surface area contributed by atoms with Crippen LogP contribution in [0.15, 0.2) is 36.4 Å². The molecule has 0 radical (unpaired) electrons. The number of carboxylic acid groups (broad SMARTS) is 1. The Morgan fingerprint density at radius 2 is 1.50 bits per heavy atom. The Labute approximate surface area is 138 Å². The van der Waals surface area contributed by atoms with Crippen molar-refractivity contribution in [2.75, 3.05) is 0 Å². The van der Waals surface area contributed by atoms with Crippen molar-refractivity contribution < 1.29 is 19.5 Å². The number of hydrogen-bond donors (Lipinski definition) is 1. The van der Waals surface area contributed by atoms with E-state index in [1.165, 1.54) is 4.90 Å². The topological polar surface area (TPSA) is 74.7 Å². The molecule has 2 unspecified atom stereocenters. The lowest BCUT2D eigenvalue weighted by Crippen LogP contribution is -2.48. The number of rotatable bonds is 2. The monoisotopic (exact) mass is 323 g/mol. The van der Waals surface area contributed by atoms with Crippen molar-refractivity contribution in [1.29, 1.82) is 0 Å². The molecule has 2 amide bonds. The highest BCUT2D eigenvalue weighted by Gasteiger charge is 2.45. The maximum Gasteiger partial charge on any atom is 0.308 e. The molecule has 1 fully saturated rings. The molecule has 4 rings (SSSR count). The fraction of sp³-hybridized carbons (Fsp3) is 0.316. The number of carbonyl (C=O) groups excluding carboxylic acids is 2. The maximum absolute atomic E-state index is 12.8. The molecule has 122 valence electrons. The summed E-state index contributed by atoms with van der Waals surface area (Å²) < 4.78 is 0. The lowest BCUT2D eigenvalue weighted by Gasteiger charge is -2.34. The molecule has 5 heteroatoms. The minimum absolute atomic E-state index is 0.362. The van der Waals surface area contributed by atoms with Gasteiger partial charge in [-0.05, 0) is 35.7 Å². The second-order valence-electron chi connectivity index (χ2n) is 6.52. The van der Waals surface area contributed by atoms with Gasteiger partial charge >= 0.3 is 5.97 Å². The average molecular weight is 323 g/mol. The fourth-order valence-corrected chi connectivity index (χ4v) is 3.96. The minimum atomic E-state index is -0.929. The highest BCUT2D eigenvalue weighted by molar-refractivity contribution is 6.23. The first-order chi connectivity index (χ1) is 11.6. The van der Waals surface area contributed by atoms with Gasteiger partial charge in [0.2, 0.25) is 0 Å². The zero-order valence-electron chi connectivity index (χ0n) is 13.1. The lowest BCUT2D eigenvalue weighted by atomic mass is 9.83. The van der Waals surface area contributed by atoms with E-state index in [0.717, 1.165) is 23.6 Å². The summed E-state index contributed by atoms with van der Waals surface area (Å²) in [5.74, 6) is -2.32. The summed E-state index contributed by atoms with van der Waals surface area (Å²) in [6.45, 7) is 0. The Kier molecular flexibility index (Phi) is 3.37. The van der Waals surface area contributed by atoms with E-state index in [4.69, 9.17) is 0 Å². The van der Waals surface area contributed by atoms with Gasteiger partial charge in [0.1, 0.15) is 0 Å². The van der Waals surface area contributed by atoms with Gasteiger partial charge in [0, 0.05) is 0 Å². The molecule has 0 bridgehead atoms. The van der Waals surface area contributed by atoms with Gasteiger partial charge < -0.3 is 5.11 Å². The van der Waals surface area contributed by atoms with E-state index < -0.39 is 17.9 Å². The van der Waals surface area contributed by atoms with Gasteiger partial charge in [0.15, 0.2) is 0 Å². The average Bonchev–Trinajstić information content (AvgIpc) is 2.83. The van der Waals surface area contributed by atoms with E-state index in [9.17, 15) is 19.5 Å². The van der Waals surface area contributed by atoms with Gasteiger partial charge in [0.25, 0.3) is 11.8 Å². The van der Waals surface area contributed by atoms with Gasteiger partial charge in [0.05, 0.1) is 23.1 Å². The van der Waals surface area contributed by atoms with Crippen molar-refractivity contribution in [2.45, 2.75) is 31.7 Å². The van der Waals surface area contributed by atoms with E-state index in [-0.39, 0.29) is 11.8 Å². The highest BCUT2D eigenvalue weighted by atomic mass is 16.4. The molecule has 24 heavy (non-hydrogen) atoms. The van der Waals surface area contributed by atoms with Gasteiger partial charge in [-0.3, -0.25) is 19.3 Å². The molecule has 0 spiro atoms. The van der Waals surface area contributed by atoms with E-state index >= 15 is 0 Å². The van der Waals surface area contributed by atoms with Crippen molar-refractivity contribution in [3.05, 3.63) is 47.5 Å². The molecular weight excluding hydrogens is 306 g/mol. The standard InChI is InChI=1S/C19H17NO4/c21-17-14-9-11-5-1-2-6-12(11)10-15(14)18(22)20(17)16-8-4-3-7-13(16)19(23)24/h1-2,5-6,9-10,13,16H,3-4,7-8H2,(H,23,24). The Bertz CT molecular complexity index is 818. The van der Waals surface area contributed by atoms with Gasteiger partial charge in [-0.15, -0.1) is 0 Å². The Hall–Kier alpha value is -2.69. The van der Waals surface area contributed by atoms with Crippen molar-refractivity contribution in [2.24, 2.45) is 5.92 Å². The number of aliphatic carboxylic acids is 1. The molecule has 1 aliphatic heterocycles. The third kappa shape index (κ3) is 2.12. The Balaban J connectivity index is 1.78. The van der Waals surface area contributed by atoms with Crippen LogP contribution < -0.4 is 0 Å². The number of carbonyl (C=O) groups is 3. The van der Waals surface area contributed by atoms with Crippen LogP contribution in [0.5, 0.6) is 0 Å². The number of amides is 2. The summed E-state index contributed by atoms with van der Waals surface area (Å²) in [7, 11) is 0. The zero-order chi connectivity index (χ0) is 16.8. The summed E-state index contributed by atoms with van der Waals surface area (Å²) in [6.07, 6.45) is 2.72. The fourth-order valence-electron chi connectivity index (χ4n) is 3.96. The largest absolute Gasteiger partial charge is 0.481 e. The first kappa shape index (κ1) is 14.9. The van der Waals surface area contributed by atoms with Crippen molar-refractivity contribution >= 4 is 28.6 Å². The second kappa shape index (κ2) is 5.44. The molecule has 2 aromatic rings. The lowest BCUT2D eigenvalue weighted by molar-refractivity contribution is -0.144. The van der Waals surface area contributed by atoms with Crippen LogP contribution in [-0.4, -0.2) is 33.8 Å². The number of imide groups is 1. The van der Waals surface area contributed by atoms with Crippen LogP contribution in [0.3, 0.4) is 0 Å². The minimum Gasteiger partial charge on any atom is -0.481 e. The molecule has 2 atom stereocenters. The molecule has 0 saturated heterocycles. The quantitative estimate of drug-likeness (QED) is 0.862. The van der Waals surface area contributed by atoms with Crippen molar-refractivity contribution in [3.63, 3.8) is 0 Å². The molecule has 1 saturated carbocycles. The van der Waals surface area contributed by atoms with Crippen LogP contribution in [0.25, 0.3) is 10.8 Å². The summed E-state index contributed by atoms with van der Waals surface area (Å²) >= 11 is 0. The van der Waals surface area contributed by atoms with Gasteiger partial charge in [-0.1, -0.05) is 37.1 Å². The van der Waals surface area contributed by atoms with Crippen LogP contribution in [0.2, 0.25) is 0 Å². The van der Waals surface area contributed by atoms with E-state index in [0.29, 0.717) is 24.0 Å². The molecule has 2 aromatic carbocycles. The van der Waals surface area contributed by atoms with E-state index in [2.05, 4.69) is 0 Å². The maximum atomic E-state index is 12.8. The number of carboxylic acids is 1. The molecule has 1 heterocycles.